The largest absolute Gasteiger partial charge is 0.478 e. The van der Waals surface area contributed by atoms with E-state index in [1.807, 2.05) is 0 Å². The van der Waals surface area contributed by atoms with Gasteiger partial charge in [-0.1, -0.05) is 39.5 Å². The zero-order valence-electron chi connectivity index (χ0n) is 10.6. The summed E-state index contributed by atoms with van der Waals surface area (Å²) in [6.07, 6.45) is 6.54. The van der Waals surface area contributed by atoms with Gasteiger partial charge in [0.1, 0.15) is 12.1 Å². The maximum Gasteiger partial charge on any atom is 0.186 e. The molecule has 1 fully saturated rings. The second kappa shape index (κ2) is 5.17. The summed E-state index contributed by atoms with van der Waals surface area (Å²) in [5.41, 5.74) is 0.118. The number of unbranched alkanes of at least 4 members (excludes halogenated alkanes) is 3. The Hall–Kier alpha value is -0.570. The van der Waals surface area contributed by atoms with Gasteiger partial charge < -0.3 is 10.1 Å². The van der Waals surface area contributed by atoms with Crippen molar-refractivity contribution in [2.75, 3.05) is 19.7 Å². The van der Waals surface area contributed by atoms with Crippen LogP contribution in [0, 0.1) is 5.92 Å². The molecule has 0 aromatic heterocycles. The molecule has 3 heteroatoms. The molecule has 0 aromatic rings. The van der Waals surface area contributed by atoms with Crippen LogP contribution in [0.5, 0.6) is 0 Å². The maximum absolute atomic E-state index is 5.74. The lowest BCUT2D eigenvalue weighted by Crippen LogP contribution is -2.59. The van der Waals surface area contributed by atoms with Crippen LogP contribution in [-0.4, -0.2) is 31.1 Å². The molecular formula is C13H24N2O. The van der Waals surface area contributed by atoms with E-state index in [9.17, 15) is 0 Å². The van der Waals surface area contributed by atoms with Crippen molar-refractivity contribution >= 4 is 5.90 Å². The van der Waals surface area contributed by atoms with Crippen LogP contribution in [0.1, 0.15) is 46.0 Å². The first-order chi connectivity index (χ1) is 7.76. The SMILES string of the molecule is CCCCCCC(C)C1=NC2(CNC2)CO1. The molecular weight excluding hydrogens is 200 g/mol. The summed E-state index contributed by atoms with van der Waals surface area (Å²) in [6, 6.07) is 0. The summed E-state index contributed by atoms with van der Waals surface area (Å²) < 4.78 is 5.74. The Kier molecular flexibility index (Phi) is 3.85. The van der Waals surface area contributed by atoms with Crippen molar-refractivity contribution in [2.45, 2.75) is 51.5 Å². The van der Waals surface area contributed by atoms with E-state index in [0.717, 1.165) is 25.6 Å². The van der Waals surface area contributed by atoms with Crippen LogP contribution >= 0.6 is 0 Å². The summed E-state index contributed by atoms with van der Waals surface area (Å²) in [5.74, 6) is 1.52. The molecule has 0 bridgehead atoms. The second-order valence-electron chi connectivity index (χ2n) is 5.32. The van der Waals surface area contributed by atoms with Gasteiger partial charge in [-0.2, -0.15) is 0 Å². The molecule has 1 spiro atoms. The van der Waals surface area contributed by atoms with Crippen molar-refractivity contribution < 1.29 is 4.74 Å². The molecule has 0 saturated carbocycles. The molecule has 2 aliphatic heterocycles. The lowest BCUT2D eigenvalue weighted by molar-refractivity contribution is 0.191. The molecule has 1 unspecified atom stereocenters. The van der Waals surface area contributed by atoms with Crippen LogP contribution in [0.3, 0.4) is 0 Å². The Morgan fingerprint density at radius 1 is 1.38 bits per heavy atom. The summed E-state index contributed by atoms with van der Waals surface area (Å²) in [5, 5.41) is 3.28. The van der Waals surface area contributed by atoms with Crippen LogP contribution in [-0.2, 0) is 4.74 Å². The Balaban J connectivity index is 1.73. The van der Waals surface area contributed by atoms with E-state index in [0.29, 0.717) is 5.92 Å². The molecule has 1 atom stereocenters. The van der Waals surface area contributed by atoms with Crippen LogP contribution in [0.15, 0.2) is 4.99 Å². The van der Waals surface area contributed by atoms with Crippen molar-refractivity contribution in [2.24, 2.45) is 10.9 Å². The van der Waals surface area contributed by atoms with Crippen molar-refractivity contribution in [3.63, 3.8) is 0 Å². The summed E-state index contributed by atoms with van der Waals surface area (Å²) in [7, 11) is 0. The predicted octanol–water partition coefficient (Wildman–Crippen LogP) is 2.36. The van der Waals surface area contributed by atoms with E-state index in [2.05, 4.69) is 19.2 Å². The maximum atomic E-state index is 5.74. The second-order valence-corrected chi connectivity index (χ2v) is 5.32. The molecule has 2 heterocycles. The van der Waals surface area contributed by atoms with E-state index in [1.54, 1.807) is 0 Å². The highest BCUT2D eigenvalue weighted by Gasteiger charge is 2.42. The standard InChI is InChI=1S/C13H24N2O/c1-3-4-5-6-7-11(2)12-15-13(10-16-12)8-14-9-13/h11,14H,3-10H2,1-2H3. The summed E-state index contributed by atoms with van der Waals surface area (Å²) in [6.45, 7) is 7.30. The highest BCUT2D eigenvalue weighted by Crippen LogP contribution is 2.26. The van der Waals surface area contributed by atoms with E-state index >= 15 is 0 Å². The fourth-order valence-corrected chi connectivity index (χ4v) is 2.35. The van der Waals surface area contributed by atoms with Gasteiger partial charge in [0, 0.05) is 19.0 Å². The number of rotatable bonds is 6. The summed E-state index contributed by atoms with van der Waals surface area (Å²) in [4.78, 5) is 4.76. The molecule has 16 heavy (non-hydrogen) atoms. The zero-order chi connectivity index (χ0) is 11.4. The van der Waals surface area contributed by atoms with Gasteiger partial charge in [0.15, 0.2) is 5.90 Å². The molecule has 0 aromatic carbocycles. The first-order valence-corrected chi connectivity index (χ1v) is 6.69. The molecule has 1 N–H and O–H groups in total. The van der Waals surface area contributed by atoms with Crippen LogP contribution in [0.25, 0.3) is 0 Å². The fourth-order valence-electron chi connectivity index (χ4n) is 2.35. The minimum Gasteiger partial charge on any atom is -0.478 e. The normalized spacial score (nSPS) is 23.8. The molecule has 92 valence electrons. The molecule has 0 aliphatic carbocycles. The van der Waals surface area contributed by atoms with Crippen LogP contribution in [0.2, 0.25) is 0 Å². The number of hydrogen-bond donors (Lipinski definition) is 1. The lowest BCUT2D eigenvalue weighted by atomic mass is 9.95. The first-order valence-electron chi connectivity index (χ1n) is 6.69. The van der Waals surface area contributed by atoms with Crippen molar-refractivity contribution in [3.05, 3.63) is 0 Å². The Morgan fingerprint density at radius 3 is 2.75 bits per heavy atom. The molecule has 0 radical (unpaired) electrons. The van der Waals surface area contributed by atoms with Crippen molar-refractivity contribution in [1.82, 2.24) is 5.32 Å². The van der Waals surface area contributed by atoms with Gasteiger partial charge in [-0.15, -0.1) is 0 Å². The molecule has 0 amide bonds. The first kappa shape index (κ1) is 11.9. The quantitative estimate of drug-likeness (QED) is 0.703. The molecule has 3 nitrogen and oxygen atoms in total. The highest BCUT2D eigenvalue weighted by atomic mass is 16.5. The summed E-state index contributed by atoms with van der Waals surface area (Å²) >= 11 is 0. The number of ether oxygens (including phenoxy) is 1. The Morgan fingerprint density at radius 2 is 2.19 bits per heavy atom. The molecule has 2 rings (SSSR count). The van der Waals surface area contributed by atoms with Gasteiger partial charge in [-0.25, -0.2) is 4.99 Å². The van der Waals surface area contributed by atoms with Crippen molar-refractivity contribution in [1.29, 1.82) is 0 Å². The van der Waals surface area contributed by atoms with Gasteiger partial charge in [0.25, 0.3) is 0 Å². The topological polar surface area (TPSA) is 33.6 Å². The van der Waals surface area contributed by atoms with E-state index in [-0.39, 0.29) is 5.54 Å². The van der Waals surface area contributed by atoms with Crippen LogP contribution in [0.4, 0.5) is 0 Å². The molecule has 2 aliphatic rings. The molecule has 1 saturated heterocycles. The third kappa shape index (κ3) is 2.57. The monoisotopic (exact) mass is 224 g/mol. The fraction of sp³-hybridized carbons (Fsp3) is 0.923. The number of nitrogens with one attached hydrogen (secondary N) is 1. The Labute approximate surface area is 98.7 Å². The van der Waals surface area contributed by atoms with Gasteiger partial charge in [0.05, 0.1) is 0 Å². The van der Waals surface area contributed by atoms with E-state index in [4.69, 9.17) is 9.73 Å². The number of hydrogen-bond acceptors (Lipinski definition) is 3. The number of nitrogens with zero attached hydrogens (tertiary/aromatic N) is 1. The lowest BCUT2D eigenvalue weighted by Gasteiger charge is -2.33. The van der Waals surface area contributed by atoms with E-state index < -0.39 is 0 Å². The Bertz CT molecular complexity index is 259. The average molecular weight is 224 g/mol. The third-order valence-electron chi connectivity index (χ3n) is 3.66. The number of aliphatic imine (C=N–C) groups is 1. The van der Waals surface area contributed by atoms with Crippen molar-refractivity contribution in [3.8, 4) is 0 Å². The van der Waals surface area contributed by atoms with Gasteiger partial charge in [0.2, 0.25) is 0 Å². The van der Waals surface area contributed by atoms with E-state index in [1.165, 1.54) is 32.1 Å². The highest BCUT2D eigenvalue weighted by molar-refractivity contribution is 5.80. The third-order valence-corrected chi connectivity index (χ3v) is 3.66. The average Bonchev–Trinajstić information content (AvgIpc) is 2.69. The van der Waals surface area contributed by atoms with Gasteiger partial charge in [-0.3, -0.25) is 0 Å². The smallest absolute Gasteiger partial charge is 0.186 e. The van der Waals surface area contributed by atoms with Gasteiger partial charge >= 0.3 is 0 Å². The zero-order valence-corrected chi connectivity index (χ0v) is 10.6. The predicted molar refractivity (Wildman–Crippen MR) is 66.9 cm³/mol. The van der Waals surface area contributed by atoms with Crippen LogP contribution < -0.4 is 5.32 Å². The minimum absolute atomic E-state index is 0.118. The van der Waals surface area contributed by atoms with Gasteiger partial charge in [-0.05, 0) is 6.42 Å². The minimum atomic E-state index is 0.118.